The minimum atomic E-state index is -5.23. The van der Waals surface area contributed by atoms with Crippen LogP contribution in [-0.4, -0.2) is 50.4 Å². The fourth-order valence-electron chi connectivity index (χ4n) is 4.32. The second-order valence-electron chi connectivity index (χ2n) is 11.6. The van der Waals surface area contributed by atoms with Crippen molar-refractivity contribution < 1.29 is 59.7 Å². The van der Waals surface area contributed by atoms with E-state index in [0.717, 1.165) is 0 Å². The molecule has 17 heteroatoms. The summed E-state index contributed by atoms with van der Waals surface area (Å²) in [6, 6.07) is 8.03. The minimum absolute atomic E-state index is 0.0378. The number of halogens is 6. The Morgan fingerprint density at radius 1 is 1.04 bits per heavy atom. The Morgan fingerprint density at radius 3 is 2.22 bits per heavy atom. The van der Waals surface area contributed by atoms with E-state index in [1.54, 1.807) is 18.2 Å². The highest BCUT2D eigenvalue weighted by Crippen LogP contribution is 2.48. The topological polar surface area (TPSA) is 137 Å². The molecule has 11 nitrogen and oxygen atoms in total. The van der Waals surface area contributed by atoms with E-state index < -0.39 is 89.5 Å². The van der Waals surface area contributed by atoms with Crippen LogP contribution < -0.4 is 9.64 Å². The number of pyridine rings is 1. The lowest BCUT2D eigenvalue weighted by molar-refractivity contribution is -0.299. The average molecular weight is 701 g/mol. The highest BCUT2D eigenvalue weighted by atomic mass is 19.4. The van der Waals surface area contributed by atoms with Gasteiger partial charge in [0.2, 0.25) is 11.5 Å². The fraction of sp³-hybridized carbons (Fsp3) is 0.406. The van der Waals surface area contributed by atoms with E-state index in [-0.39, 0.29) is 23.8 Å². The molecule has 49 heavy (non-hydrogen) atoms. The molecule has 3 rings (SSSR count). The van der Waals surface area contributed by atoms with Gasteiger partial charge in [-0.15, -0.1) is 23.4 Å². The number of aromatic nitrogens is 3. The fourth-order valence-corrected chi connectivity index (χ4v) is 4.32. The molecule has 2 atom stereocenters. The van der Waals surface area contributed by atoms with Gasteiger partial charge in [0.25, 0.3) is 11.8 Å². The smallest absolute Gasteiger partial charge is 0.426 e. The van der Waals surface area contributed by atoms with Crippen LogP contribution in [0.5, 0.6) is 5.88 Å². The first kappa shape index (κ1) is 38.5. The average Bonchev–Trinajstić information content (AvgIpc) is 3.46. The van der Waals surface area contributed by atoms with Gasteiger partial charge in [-0.1, -0.05) is 42.5 Å². The highest BCUT2D eigenvalue weighted by molar-refractivity contribution is 6.10. The zero-order chi connectivity index (χ0) is 36.8. The van der Waals surface area contributed by atoms with Crippen LogP contribution in [0.15, 0.2) is 66.1 Å². The van der Waals surface area contributed by atoms with Crippen LogP contribution in [0.2, 0.25) is 0 Å². The number of carbonyl (C=O) groups is 2. The van der Waals surface area contributed by atoms with Gasteiger partial charge in [0.15, 0.2) is 5.69 Å². The summed E-state index contributed by atoms with van der Waals surface area (Å²) in [5, 5.41) is 17.1. The maximum atomic E-state index is 14.9. The standard InChI is InChI=1S/C32H34F6N4O7/c1-7-9-16-30(32(36,37)38,46-18-20-14-11-10-12-15-20)26-41-40-25(48-26)23-22(42(27(43)44)28(45)49-29(4,5)6)17-21(31(33,34)35)24(39-23)47-19(3)13-8-2/h7-8,10-12,14-15,17,19H,1-2,9,13,16,18H2,3-6H3,(H,43,44)/t19-,30-/m1/s1. The van der Waals surface area contributed by atoms with Crippen molar-refractivity contribution >= 4 is 17.9 Å². The summed E-state index contributed by atoms with van der Waals surface area (Å²) in [5.41, 5.74) is -7.95. The molecule has 0 aliphatic rings. The molecule has 2 aromatic heterocycles. The van der Waals surface area contributed by atoms with Gasteiger partial charge in [0.05, 0.1) is 12.3 Å². The SMILES string of the molecule is C=CCC[C@@](OCc1ccccc1)(c1nnc(-c2nc(O[C@H](C)CC=C)c(C(F)(F)F)cc2N(C(=O)O)C(=O)OC(C)(C)C)o1)C(F)(F)F. The van der Waals surface area contributed by atoms with E-state index in [1.165, 1.54) is 52.0 Å². The Labute approximate surface area is 277 Å². The van der Waals surface area contributed by atoms with Crippen molar-refractivity contribution in [2.45, 2.75) is 83.2 Å². The van der Waals surface area contributed by atoms with Crippen molar-refractivity contribution in [3.05, 3.63) is 78.7 Å². The van der Waals surface area contributed by atoms with Crippen molar-refractivity contribution in [2.24, 2.45) is 0 Å². The van der Waals surface area contributed by atoms with Gasteiger partial charge < -0.3 is 23.7 Å². The maximum absolute atomic E-state index is 14.9. The normalized spacial score (nSPS) is 14.0. The van der Waals surface area contributed by atoms with E-state index in [4.69, 9.17) is 18.6 Å². The summed E-state index contributed by atoms with van der Waals surface area (Å²) in [5.74, 6) is -3.30. The Morgan fingerprint density at radius 2 is 1.69 bits per heavy atom. The van der Waals surface area contributed by atoms with Crippen LogP contribution in [0.1, 0.15) is 64.0 Å². The number of nitrogens with zero attached hydrogens (tertiary/aromatic N) is 4. The van der Waals surface area contributed by atoms with E-state index in [0.29, 0.717) is 5.56 Å². The minimum Gasteiger partial charge on any atom is -0.474 e. The van der Waals surface area contributed by atoms with Crippen LogP contribution in [0.3, 0.4) is 0 Å². The summed E-state index contributed by atoms with van der Waals surface area (Å²) in [7, 11) is 0. The second-order valence-corrected chi connectivity index (χ2v) is 11.6. The molecule has 3 aromatic rings. The van der Waals surface area contributed by atoms with E-state index in [1.807, 2.05) is 0 Å². The molecule has 0 saturated carbocycles. The highest BCUT2D eigenvalue weighted by Gasteiger charge is 2.61. The second kappa shape index (κ2) is 15.1. The van der Waals surface area contributed by atoms with Gasteiger partial charge in [-0.3, -0.25) is 0 Å². The predicted molar refractivity (Wildman–Crippen MR) is 163 cm³/mol. The molecule has 0 unspecified atom stereocenters. The molecule has 2 amide bonds. The number of rotatable bonds is 13. The van der Waals surface area contributed by atoms with Crippen molar-refractivity contribution in [3.63, 3.8) is 0 Å². The Bertz CT molecular complexity index is 1640. The molecule has 1 aromatic carbocycles. The van der Waals surface area contributed by atoms with Crippen molar-refractivity contribution in [1.29, 1.82) is 0 Å². The van der Waals surface area contributed by atoms with Crippen LogP contribution in [0.25, 0.3) is 11.6 Å². The molecule has 266 valence electrons. The van der Waals surface area contributed by atoms with Crippen molar-refractivity contribution in [2.75, 3.05) is 4.90 Å². The summed E-state index contributed by atoms with van der Waals surface area (Å²) >= 11 is 0. The summed E-state index contributed by atoms with van der Waals surface area (Å²) in [4.78, 5) is 29.0. The molecule has 0 spiro atoms. The number of ether oxygens (including phenoxy) is 3. The first-order valence-corrected chi connectivity index (χ1v) is 14.6. The Hall–Kier alpha value is -4.93. The third-order valence-corrected chi connectivity index (χ3v) is 6.55. The maximum Gasteiger partial charge on any atom is 0.426 e. The van der Waals surface area contributed by atoms with E-state index >= 15 is 0 Å². The van der Waals surface area contributed by atoms with Gasteiger partial charge in [0, 0.05) is 6.42 Å². The lowest BCUT2D eigenvalue weighted by Gasteiger charge is -2.32. The quantitative estimate of drug-likeness (QED) is 0.136. The number of benzene rings is 1. The third-order valence-electron chi connectivity index (χ3n) is 6.55. The number of amides is 2. The number of anilines is 1. The molecule has 2 heterocycles. The van der Waals surface area contributed by atoms with Gasteiger partial charge in [0.1, 0.15) is 17.3 Å². The number of imide groups is 1. The Balaban J connectivity index is 2.35. The first-order valence-electron chi connectivity index (χ1n) is 14.6. The molecule has 0 aliphatic carbocycles. The van der Waals surface area contributed by atoms with Gasteiger partial charge >= 0.3 is 24.5 Å². The van der Waals surface area contributed by atoms with Crippen LogP contribution >= 0.6 is 0 Å². The lowest BCUT2D eigenvalue weighted by Crippen LogP contribution is -2.45. The predicted octanol–water partition coefficient (Wildman–Crippen LogP) is 8.85. The van der Waals surface area contributed by atoms with E-state index in [9.17, 15) is 41.0 Å². The largest absolute Gasteiger partial charge is 0.474 e. The van der Waals surface area contributed by atoms with Crippen LogP contribution in [0.4, 0.5) is 41.6 Å². The van der Waals surface area contributed by atoms with Crippen LogP contribution in [0, 0.1) is 0 Å². The number of allylic oxidation sites excluding steroid dienone is 1. The number of hydrogen-bond acceptors (Lipinski definition) is 9. The monoisotopic (exact) mass is 700 g/mol. The van der Waals surface area contributed by atoms with Crippen LogP contribution in [-0.2, 0) is 27.9 Å². The van der Waals surface area contributed by atoms with Gasteiger partial charge in [-0.25, -0.2) is 14.6 Å². The number of alkyl halides is 6. The summed E-state index contributed by atoms with van der Waals surface area (Å²) in [6.07, 6.45) is -13.7. The molecule has 0 aliphatic heterocycles. The van der Waals surface area contributed by atoms with Crippen molar-refractivity contribution in [1.82, 2.24) is 15.2 Å². The molecular formula is C32H34F6N4O7. The molecular weight excluding hydrogens is 666 g/mol. The van der Waals surface area contributed by atoms with Gasteiger partial charge in [-0.2, -0.15) is 31.2 Å². The molecule has 0 saturated heterocycles. The molecule has 0 radical (unpaired) electrons. The number of hydrogen-bond donors (Lipinski definition) is 1. The zero-order valence-corrected chi connectivity index (χ0v) is 26.9. The lowest BCUT2D eigenvalue weighted by atomic mass is 9.96. The molecule has 0 fully saturated rings. The van der Waals surface area contributed by atoms with Crippen molar-refractivity contribution in [3.8, 4) is 17.5 Å². The molecule has 0 bridgehead atoms. The van der Waals surface area contributed by atoms with Gasteiger partial charge in [-0.05, 0) is 52.2 Å². The number of carboxylic acid groups (broad SMARTS) is 1. The Kier molecular flexibility index (Phi) is 11.9. The van der Waals surface area contributed by atoms with E-state index in [2.05, 4.69) is 28.3 Å². The third kappa shape index (κ3) is 9.37. The number of carbonyl (C=O) groups excluding carboxylic acids is 1. The first-order chi connectivity index (χ1) is 22.7. The zero-order valence-electron chi connectivity index (χ0n) is 26.9. The summed E-state index contributed by atoms with van der Waals surface area (Å²) < 4.78 is 109. The summed E-state index contributed by atoms with van der Waals surface area (Å²) in [6.45, 7) is 11.8. The molecule has 1 N–H and O–H groups in total.